The van der Waals surface area contributed by atoms with Crippen molar-refractivity contribution < 1.29 is 0 Å². The molecule has 0 radical (unpaired) electrons. The van der Waals surface area contributed by atoms with E-state index in [1.807, 2.05) is 0 Å². The highest BCUT2D eigenvalue weighted by Gasteiger charge is 2.36. The van der Waals surface area contributed by atoms with Crippen molar-refractivity contribution >= 4 is 43.1 Å². The molecule has 0 heteroatoms. The van der Waals surface area contributed by atoms with Crippen LogP contribution >= 0.6 is 0 Å². The molecule has 0 bridgehead atoms. The van der Waals surface area contributed by atoms with Gasteiger partial charge in [0.2, 0.25) is 0 Å². The Balaban J connectivity index is 1.21. The first kappa shape index (κ1) is 22.8. The molecule has 9 rings (SSSR count). The summed E-state index contributed by atoms with van der Waals surface area (Å²) in [6.45, 7) is 4.74. The van der Waals surface area contributed by atoms with Crippen molar-refractivity contribution in [3.8, 4) is 33.4 Å². The molecular weight excluding hydrogens is 492 g/mol. The van der Waals surface area contributed by atoms with Gasteiger partial charge in [0.1, 0.15) is 0 Å². The second-order valence-corrected chi connectivity index (χ2v) is 12.1. The predicted molar refractivity (Wildman–Crippen MR) is 176 cm³/mol. The largest absolute Gasteiger partial charge is 0.0616 e. The number of rotatable bonds is 2. The lowest BCUT2D eigenvalue weighted by molar-refractivity contribution is 0.661. The molecule has 192 valence electrons. The molecule has 0 saturated carbocycles. The lowest BCUT2D eigenvalue weighted by Gasteiger charge is -2.22. The van der Waals surface area contributed by atoms with Gasteiger partial charge in [-0.15, -0.1) is 0 Å². The van der Waals surface area contributed by atoms with Crippen LogP contribution < -0.4 is 0 Å². The molecule has 0 fully saturated rings. The fourth-order valence-corrected chi connectivity index (χ4v) is 7.54. The lowest BCUT2D eigenvalue weighted by atomic mass is 9.81. The maximum Gasteiger partial charge on any atom is 0.0159 e. The van der Waals surface area contributed by atoms with E-state index >= 15 is 0 Å². The molecule has 0 aliphatic heterocycles. The van der Waals surface area contributed by atoms with Gasteiger partial charge in [0.25, 0.3) is 0 Å². The van der Waals surface area contributed by atoms with Gasteiger partial charge in [-0.25, -0.2) is 0 Å². The summed E-state index contributed by atoms with van der Waals surface area (Å²) < 4.78 is 0. The van der Waals surface area contributed by atoms with Crippen LogP contribution in [0.4, 0.5) is 0 Å². The molecule has 0 amide bonds. The Morgan fingerprint density at radius 2 is 1.02 bits per heavy atom. The number of hydrogen-bond donors (Lipinski definition) is 0. The van der Waals surface area contributed by atoms with E-state index < -0.39 is 0 Å². The van der Waals surface area contributed by atoms with E-state index in [2.05, 4.69) is 147 Å². The highest BCUT2D eigenvalue weighted by atomic mass is 14.4. The quantitative estimate of drug-likeness (QED) is 0.199. The Hall–Kier alpha value is -4.94. The minimum atomic E-state index is -0.0472. The molecule has 41 heavy (non-hydrogen) atoms. The first-order valence-corrected chi connectivity index (χ1v) is 14.5. The van der Waals surface area contributed by atoms with Crippen LogP contribution in [0.15, 0.2) is 133 Å². The molecule has 8 aromatic carbocycles. The second kappa shape index (κ2) is 8.05. The normalized spacial score (nSPS) is 13.8. The summed E-state index contributed by atoms with van der Waals surface area (Å²) in [5, 5.41) is 10.6. The van der Waals surface area contributed by atoms with Gasteiger partial charge < -0.3 is 0 Å². The van der Waals surface area contributed by atoms with E-state index in [9.17, 15) is 0 Å². The van der Waals surface area contributed by atoms with Crippen molar-refractivity contribution in [1.29, 1.82) is 0 Å². The van der Waals surface area contributed by atoms with E-state index in [0.29, 0.717) is 0 Å². The topological polar surface area (TPSA) is 0 Å². The first-order valence-electron chi connectivity index (χ1n) is 14.5. The monoisotopic (exact) mass is 520 g/mol. The summed E-state index contributed by atoms with van der Waals surface area (Å²) in [4.78, 5) is 0. The van der Waals surface area contributed by atoms with Crippen molar-refractivity contribution in [2.24, 2.45) is 0 Å². The Labute approximate surface area is 239 Å². The van der Waals surface area contributed by atoms with Gasteiger partial charge in [0.15, 0.2) is 0 Å². The molecule has 0 nitrogen and oxygen atoms in total. The average molecular weight is 521 g/mol. The molecule has 1 aliphatic rings. The zero-order chi connectivity index (χ0) is 27.3. The fraction of sp³-hybridized carbons (Fsp3) is 0.0732. The van der Waals surface area contributed by atoms with Crippen molar-refractivity contribution in [2.45, 2.75) is 19.3 Å². The van der Waals surface area contributed by atoms with Gasteiger partial charge in [0, 0.05) is 5.41 Å². The SMILES string of the molecule is CC1(C)c2cc(-c3cccc(-c4ccc5ccc6cccc7ccc4c5c67)c3)ccc2-c2c1ccc1ccccc21. The zero-order valence-corrected chi connectivity index (χ0v) is 23.2. The minimum Gasteiger partial charge on any atom is -0.0616 e. The van der Waals surface area contributed by atoms with Crippen LogP contribution in [-0.2, 0) is 5.41 Å². The summed E-state index contributed by atoms with van der Waals surface area (Å²) in [5.74, 6) is 0. The minimum absolute atomic E-state index is 0.0472. The second-order valence-electron chi connectivity index (χ2n) is 12.1. The molecule has 0 aromatic heterocycles. The van der Waals surface area contributed by atoms with E-state index in [1.165, 1.54) is 87.6 Å². The van der Waals surface area contributed by atoms with Crippen LogP contribution in [0.1, 0.15) is 25.0 Å². The molecule has 0 spiro atoms. The third-order valence-corrected chi connectivity index (χ3v) is 9.60. The van der Waals surface area contributed by atoms with Gasteiger partial charge in [-0.2, -0.15) is 0 Å². The summed E-state index contributed by atoms with van der Waals surface area (Å²) in [5.41, 5.74) is 10.6. The predicted octanol–water partition coefficient (Wildman–Crippen LogP) is 11.4. The smallest absolute Gasteiger partial charge is 0.0159 e. The van der Waals surface area contributed by atoms with Crippen molar-refractivity contribution in [3.63, 3.8) is 0 Å². The van der Waals surface area contributed by atoms with E-state index in [4.69, 9.17) is 0 Å². The zero-order valence-electron chi connectivity index (χ0n) is 23.2. The molecule has 0 heterocycles. The van der Waals surface area contributed by atoms with Crippen LogP contribution in [0, 0.1) is 0 Å². The van der Waals surface area contributed by atoms with Gasteiger partial charge in [-0.05, 0) is 99.7 Å². The molecule has 0 saturated heterocycles. The number of benzene rings is 8. The number of fused-ring (bicyclic) bond motifs is 5. The Kier molecular flexibility index (Phi) is 4.49. The molecule has 1 aliphatic carbocycles. The highest BCUT2D eigenvalue weighted by Crippen LogP contribution is 2.52. The maximum absolute atomic E-state index is 2.44. The standard InChI is InChI=1S/C41H28/c1-41(2)36-22-18-25-7-3-4-12-33(25)40(36)35-21-17-30(24-37(35)41)29-10-6-11-31(23-29)32-19-15-28-14-13-26-8-5-9-27-16-20-34(32)39(28)38(26)27/h3-24H,1-2H3. The molecule has 0 atom stereocenters. The third kappa shape index (κ3) is 3.11. The third-order valence-electron chi connectivity index (χ3n) is 9.60. The van der Waals surface area contributed by atoms with Crippen molar-refractivity contribution in [1.82, 2.24) is 0 Å². The highest BCUT2D eigenvalue weighted by molar-refractivity contribution is 6.25. The molecule has 8 aromatic rings. The van der Waals surface area contributed by atoms with Crippen LogP contribution in [0.3, 0.4) is 0 Å². The summed E-state index contributed by atoms with van der Waals surface area (Å²) in [7, 11) is 0. The number of hydrogen-bond acceptors (Lipinski definition) is 0. The van der Waals surface area contributed by atoms with Crippen LogP contribution in [0.25, 0.3) is 76.5 Å². The van der Waals surface area contributed by atoms with Crippen LogP contribution in [0.5, 0.6) is 0 Å². The Morgan fingerprint density at radius 3 is 1.90 bits per heavy atom. The lowest BCUT2D eigenvalue weighted by Crippen LogP contribution is -2.15. The molecular formula is C41H28. The van der Waals surface area contributed by atoms with E-state index in [0.717, 1.165) is 0 Å². The Morgan fingerprint density at radius 1 is 0.390 bits per heavy atom. The summed E-state index contributed by atoms with van der Waals surface area (Å²) in [6.07, 6.45) is 0. The van der Waals surface area contributed by atoms with Crippen molar-refractivity contribution in [2.75, 3.05) is 0 Å². The average Bonchev–Trinajstić information content (AvgIpc) is 3.26. The molecule has 0 N–H and O–H groups in total. The summed E-state index contributed by atoms with van der Waals surface area (Å²) >= 11 is 0. The van der Waals surface area contributed by atoms with Gasteiger partial charge in [0.05, 0.1) is 0 Å². The summed E-state index contributed by atoms with van der Waals surface area (Å²) in [6, 6.07) is 49.9. The first-order chi connectivity index (χ1) is 20.1. The van der Waals surface area contributed by atoms with E-state index in [1.54, 1.807) is 0 Å². The fourth-order valence-electron chi connectivity index (χ4n) is 7.54. The molecule has 0 unspecified atom stereocenters. The van der Waals surface area contributed by atoms with E-state index in [-0.39, 0.29) is 5.41 Å². The van der Waals surface area contributed by atoms with Gasteiger partial charge in [-0.3, -0.25) is 0 Å². The van der Waals surface area contributed by atoms with Crippen molar-refractivity contribution in [3.05, 3.63) is 145 Å². The van der Waals surface area contributed by atoms with Gasteiger partial charge >= 0.3 is 0 Å². The van der Waals surface area contributed by atoms with Gasteiger partial charge in [-0.1, -0.05) is 135 Å². The van der Waals surface area contributed by atoms with Crippen LogP contribution in [0.2, 0.25) is 0 Å². The van der Waals surface area contributed by atoms with Crippen LogP contribution in [-0.4, -0.2) is 0 Å². The maximum atomic E-state index is 2.44. The Bertz CT molecular complexity index is 2320.